The molecule has 2 amide bonds. The molecule has 0 radical (unpaired) electrons. The third-order valence-electron chi connectivity index (χ3n) is 3.99. The summed E-state index contributed by atoms with van der Waals surface area (Å²) in [5.74, 6) is -1.05. The zero-order chi connectivity index (χ0) is 14.2. The van der Waals surface area contributed by atoms with Crippen molar-refractivity contribution >= 4 is 12.0 Å². The largest absolute Gasteiger partial charge is 0.480 e. The smallest absolute Gasteiger partial charge is 0.326 e. The highest BCUT2D eigenvalue weighted by molar-refractivity contribution is 5.83. The second-order valence-corrected chi connectivity index (χ2v) is 5.41. The van der Waals surface area contributed by atoms with Crippen molar-refractivity contribution in [2.45, 2.75) is 38.0 Å². The lowest BCUT2D eigenvalue weighted by molar-refractivity contribution is -0.141. The molecule has 19 heavy (non-hydrogen) atoms. The van der Waals surface area contributed by atoms with Crippen molar-refractivity contribution in [1.82, 2.24) is 9.80 Å². The number of carboxylic acids is 1. The van der Waals surface area contributed by atoms with Crippen LogP contribution in [0.15, 0.2) is 0 Å². The van der Waals surface area contributed by atoms with Crippen molar-refractivity contribution in [2.24, 2.45) is 5.92 Å². The van der Waals surface area contributed by atoms with Gasteiger partial charge in [0, 0.05) is 32.0 Å². The number of rotatable bonds is 2. The SMILES string of the molecule is CC(O)C1CCN(C(=O)N2CC(O)C[C@H]2C(=O)O)C1. The number of urea groups is 1. The van der Waals surface area contributed by atoms with Crippen LogP contribution in [-0.2, 0) is 4.79 Å². The molecule has 2 saturated heterocycles. The van der Waals surface area contributed by atoms with Crippen molar-refractivity contribution in [1.29, 1.82) is 0 Å². The Labute approximate surface area is 111 Å². The van der Waals surface area contributed by atoms with Crippen molar-refractivity contribution in [3.05, 3.63) is 0 Å². The van der Waals surface area contributed by atoms with Crippen molar-refractivity contribution in [3.63, 3.8) is 0 Å². The van der Waals surface area contributed by atoms with E-state index in [9.17, 15) is 19.8 Å². The fraction of sp³-hybridized carbons (Fsp3) is 0.833. The van der Waals surface area contributed by atoms with Crippen LogP contribution in [0.4, 0.5) is 4.79 Å². The predicted octanol–water partition coefficient (Wildman–Crippen LogP) is -0.671. The van der Waals surface area contributed by atoms with Crippen LogP contribution in [-0.4, -0.2) is 75.0 Å². The number of β-amino-alcohol motifs (C(OH)–C–C–N with tert-alkyl or cyclic N) is 1. The molecule has 2 fully saturated rings. The molecule has 4 atom stereocenters. The van der Waals surface area contributed by atoms with Gasteiger partial charge in [-0.3, -0.25) is 0 Å². The van der Waals surface area contributed by atoms with E-state index in [1.807, 2.05) is 0 Å². The molecule has 2 aliphatic rings. The number of aliphatic hydroxyl groups is 2. The molecule has 0 bridgehead atoms. The number of carboxylic acid groups (broad SMARTS) is 1. The molecular weight excluding hydrogens is 252 g/mol. The Morgan fingerprint density at radius 3 is 2.53 bits per heavy atom. The first-order valence-corrected chi connectivity index (χ1v) is 6.54. The first kappa shape index (κ1) is 14.1. The van der Waals surface area contributed by atoms with E-state index in [1.165, 1.54) is 4.90 Å². The maximum absolute atomic E-state index is 12.3. The maximum Gasteiger partial charge on any atom is 0.326 e. The normalized spacial score (nSPS) is 32.7. The van der Waals surface area contributed by atoms with Crippen molar-refractivity contribution < 1.29 is 24.9 Å². The average molecular weight is 272 g/mol. The lowest BCUT2D eigenvalue weighted by atomic mass is 10.0. The molecule has 2 aliphatic heterocycles. The van der Waals surface area contributed by atoms with E-state index < -0.39 is 24.2 Å². The first-order chi connectivity index (χ1) is 8.90. The molecular formula is C12H20N2O5. The highest BCUT2D eigenvalue weighted by atomic mass is 16.4. The summed E-state index contributed by atoms with van der Waals surface area (Å²) in [4.78, 5) is 26.1. The second-order valence-electron chi connectivity index (χ2n) is 5.41. The van der Waals surface area contributed by atoms with Gasteiger partial charge in [-0.05, 0) is 13.3 Å². The Morgan fingerprint density at radius 1 is 1.32 bits per heavy atom. The van der Waals surface area contributed by atoms with Crippen LogP contribution >= 0.6 is 0 Å². The average Bonchev–Trinajstić information content (AvgIpc) is 2.94. The van der Waals surface area contributed by atoms with Gasteiger partial charge in [-0.1, -0.05) is 0 Å². The molecule has 108 valence electrons. The van der Waals surface area contributed by atoms with Crippen LogP contribution in [0.1, 0.15) is 19.8 Å². The van der Waals surface area contributed by atoms with Gasteiger partial charge in [-0.2, -0.15) is 0 Å². The van der Waals surface area contributed by atoms with Crippen LogP contribution in [0, 0.1) is 5.92 Å². The molecule has 7 heteroatoms. The minimum Gasteiger partial charge on any atom is -0.480 e. The summed E-state index contributed by atoms with van der Waals surface area (Å²) in [5.41, 5.74) is 0. The molecule has 0 spiro atoms. The zero-order valence-corrected chi connectivity index (χ0v) is 10.9. The molecule has 0 aromatic carbocycles. The number of nitrogens with zero attached hydrogens (tertiary/aromatic N) is 2. The van der Waals surface area contributed by atoms with Crippen LogP contribution in [0.25, 0.3) is 0 Å². The molecule has 3 N–H and O–H groups in total. The Balaban J connectivity index is 2.01. The summed E-state index contributed by atoms with van der Waals surface area (Å²) in [6, 6.07) is -1.31. The van der Waals surface area contributed by atoms with Crippen LogP contribution in [0.3, 0.4) is 0 Å². The summed E-state index contributed by atoms with van der Waals surface area (Å²) in [5, 5.41) is 28.1. The van der Waals surface area contributed by atoms with Crippen LogP contribution < -0.4 is 0 Å². The Kier molecular flexibility index (Phi) is 3.96. The number of hydrogen-bond donors (Lipinski definition) is 3. The van der Waals surface area contributed by atoms with E-state index in [0.29, 0.717) is 13.1 Å². The summed E-state index contributed by atoms with van der Waals surface area (Å²) in [6.45, 7) is 2.71. The number of aliphatic carboxylic acids is 1. The molecule has 0 aromatic heterocycles. The lowest BCUT2D eigenvalue weighted by Crippen LogP contribution is -2.47. The van der Waals surface area contributed by atoms with E-state index in [-0.39, 0.29) is 24.9 Å². The van der Waals surface area contributed by atoms with Gasteiger partial charge >= 0.3 is 12.0 Å². The van der Waals surface area contributed by atoms with E-state index in [2.05, 4.69) is 0 Å². The molecule has 7 nitrogen and oxygen atoms in total. The first-order valence-electron chi connectivity index (χ1n) is 6.54. The highest BCUT2D eigenvalue weighted by Crippen LogP contribution is 2.25. The monoisotopic (exact) mass is 272 g/mol. The quantitative estimate of drug-likeness (QED) is 0.619. The molecule has 2 rings (SSSR count). The molecule has 0 aliphatic carbocycles. The van der Waals surface area contributed by atoms with Crippen LogP contribution in [0.2, 0.25) is 0 Å². The standard InChI is InChI=1S/C12H20N2O5/c1-7(15)8-2-3-13(5-8)12(19)14-6-9(16)4-10(14)11(17)18/h7-10,15-16H,2-6H2,1H3,(H,17,18)/t7?,8?,9?,10-/m0/s1. The minimum absolute atomic E-state index is 0.0414. The van der Waals surface area contributed by atoms with Gasteiger partial charge in [0.15, 0.2) is 0 Å². The zero-order valence-electron chi connectivity index (χ0n) is 10.9. The molecule has 2 heterocycles. The highest BCUT2D eigenvalue weighted by Gasteiger charge is 2.42. The van der Waals surface area contributed by atoms with Gasteiger partial charge in [0.05, 0.1) is 12.2 Å². The topological polar surface area (TPSA) is 101 Å². The summed E-state index contributed by atoms with van der Waals surface area (Å²) in [6.07, 6.45) is -0.454. The fourth-order valence-electron chi connectivity index (χ4n) is 2.80. The third-order valence-corrected chi connectivity index (χ3v) is 3.99. The predicted molar refractivity (Wildman–Crippen MR) is 65.5 cm³/mol. The van der Waals surface area contributed by atoms with E-state index in [4.69, 9.17) is 5.11 Å². The Bertz CT molecular complexity index is 373. The van der Waals surface area contributed by atoms with Gasteiger partial charge in [-0.25, -0.2) is 9.59 Å². The van der Waals surface area contributed by atoms with Gasteiger partial charge < -0.3 is 25.1 Å². The third kappa shape index (κ3) is 2.82. The number of carbonyl (C=O) groups is 2. The minimum atomic E-state index is -1.09. The number of carbonyl (C=O) groups excluding carboxylic acids is 1. The van der Waals surface area contributed by atoms with Crippen molar-refractivity contribution in [2.75, 3.05) is 19.6 Å². The van der Waals surface area contributed by atoms with E-state index >= 15 is 0 Å². The van der Waals surface area contributed by atoms with Gasteiger partial charge in [0.1, 0.15) is 6.04 Å². The van der Waals surface area contributed by atoms with Gasteiger partial charge in [0.2, 0.25) is 0 Å². The number of aliphatic hydroxyl groups excluding tert-OH is 2. The number of amides is 2. The number of likely N-dealkylation sites (tertiary alicyclic amines) is 2. The lowest BCUT2D eigenvalue weighted by Gasteiger charge is -2.27. The summed E-state index contributed by atoms with van der Waals surface area (Å²) < 4.78 is 0. The van der Waals surface area contributed by atoms with Crippen LogP contribution in [0.5, 0.6) is 0 Å². The van der Waals surface area contributed by atoms with Crippen molar-refractivity contribution in [3.8, 4) is 0 Å². The Hall–Kier alpha value is -1.34. The number of hydrogen-bond acceptors (Lipinski definition) is 4. The molecule has 0 saturated carbocycles. The van der Waals surface area contributed by atoms with E-state index in [0.717, 1.165) is 6.42 Å². The van der Waals surface area contributed by atoms with Gasteiger partial charge in [0.25, 0.3) is 0 Å². The Morgan fingerprint density at radius 2 is 2.00 bits per heavy atom. The second kappa shape index (κ2) is 5.34. The summed E-state index contributed by atoms with van der Waals surface area (Å²) in [7, 11) is 0. The molecule has 3 unspecified atom stereocenters. The molecule has 0 aromatic rings. The maximum atomic E-state index is 12.3. The van der Waals surface area contributed by atoms with Gasteiger partial charge in [-0.15, -0.1) is 0 Å². The summed E-state index contributed by atoms with van der Waals surface area (Å²) >= 11 is 0. The van der Waals surface area contributed by atoms with E-state index in [1.54, 1.807) is 11.8 Å². The fourth-order valence-corrected chi connectivity index (χ4v) is 2.80.